The largest absolute Gasteiger partial charge is 0.352 e. The Labute approximate surface area is 155 Å². The number of aryl methyl sites for hydroxylation is 1. The van der Waals surface area contributed by atoms with E-state index >= 15 is 0 Å². The van der Waals surface area contributed by atoms with Crippen molar-refractivity contribution in [2.24, 2.45) is 4.99 Å². The zero-order valence-electron chi connectivity index (χ0n) is 15.4. The average Bonchev–Trinajstić information content (AvgIpc) is 2.68. The second-order valence-electron chi connectivity index (χ2n) is 5.76. The molecule has 2 aromatic rings. The smallest absolute Gasteiger partial charge is 0.240 e. The number of nitrogens with zero attached hydrogens (tertiary/aromatic N) is 1. The first-order valence-corrected chi connectivity index (χ1v) is 10.0. The van der Waals surface area contributed by atoms with E-state index in [1.807, 2.05) is 18.2 Å². The summed E-state index contributed by atoms with van der Waals surface area (Å²) in [5.41, 5.74) is 3.40. The van der Waals surface area contributed by atoms with Crippen LogP contribution in [0.15, 0.2) is 58.4 Å². The van der Waals surface area contributed by atoms with Crippen LogP contribution in [-0.2, 0) is 29.5 Å². The molecule has 0 aliphatic rings. The van der Waals surface area contributed by atoms with Gasteiger partial charge in [0.1, 0.15) is 0 Å². The number of benzene rings is 2. The van der Waals surface area contributed by atoms with Crippen LogP contribution in [0.1, 0.15) is 23.6 Å². The summed E-state index contributed by atoms with van der Waals surface area (Å²) >= 11 is 0. The van der Waals surface area contributed by atoms with Gasteiger partial charge in [-0.25, -0.2) is 13.1 Å². The van der Waals surface area contributed by atoms with Crippen molar-refractivity contribution in [3.63, 3.8) is 0 Å². The molecule has 0 amide bonds. The van der Waals surface area contributed by atoms with Crippen molar-refractivity contribution >= 4 is 16.0 Å². The molecule has 0 unspecified atom stereocenters. The summed E-state index contributed by atoms with van der Waals surface area (Å²) < 4.78 is 26.1. The Balaban J connectivity index is 1.98. The number of aliphatic imine (C=N–C) groups is 1. The van der Waals surface area contributed by atoms with Crippen LogP contribution in [0.25, 0.3) is 0 Å². The third-order valence-corrected chi connectivity index (χ3v) is 5.52. The van der Waals surface area contributed by atoms with Crippen molar-refractivity contribution in [1.82, 2.24) is 15.4 Å². The maximum absolute atomic E-state index is 11.9. The zero-order chi connectivity index (χ0) is 19.0. The molecular formula is C19H26N4O2S. The fraction of sp³-hybridized carbons (Fsp3) is 0.316. The van der Waals surface area contributed by atoms with E-state index in [9.17, 15) is 8.42 Å². The van der Waals surface area contributed by atoms with Crippen molar-refractivity contribution < 1.29 is 8.42 Å². The lowest BCUT2D eigenvalue weighted by molar-refractivity contribution is 0.588. The highest BCUT2D eigenvalue weighted by Gasteiger charge is 2.11. The monoisotopic (exact) mass is 374 g/mol. The normalized spacial score (nSPS) is 12.0. The molecule has 0 aliphatic carbocycles. The molecule has 3 N–H and O–H groups in total. The molecule has 0 aromatic heterocycles. The molecule has 2 rings (SSSR count). The van der Waals surface area contributed by atoms with Crippen molar-refractivity contribution in [3.05, 3.63) is 65.2 Å². The van der Waals surface area contributed by atoms with Gasteiger partial charge in [0.25, 0.3) is 0 Å². The second kappa shape index (κ2) is 9.35. The molecule has 0 heterocycles. The van der Waals surface area contributed by atoms with E-state index in [1.54, 1.807) is 25.2 Å². The lowest BCUT2D eigenvalue weighted by Crippen LogP contribution is -2.36. The Kier molecular flexibility index (Phi) is 7.17. The van der Waals surface area contributed by atoms with Crippen molar-refractivity contribution in [1.29, 1.82) is 0 Å². The molecule has 0 radical (unpaired) electrons. The van der Waals surface area contributed by atoms with Gasteiger partial charge in [0, 0.05) is 20.1 Å². The molecule has 0 atom stereocenters. The molecule has 6 nitrogen and oxygen atoms in total. The number of rotatable bonds is 7. The first-order valence-electron chi connectivity index (χ1n) is 8.54. The van der Waals surface area contributed by atoms with Crippen LogP contribution in [0.2, 0.25) is 0 Å². The Morgan fingerprint density at radius 1 is 1.00 bits per heavy atom. The van der Waals surface area contributed by atoms with Crippen LogP contribution in [0.4, 0.5) is 0 Å². The standard InChI is InChI=1S/C19H26N4O2S/c1-4-16-9-5-6-10-17(16)14-23-19(20-2)22-13-15-8-7-11-18(12-15)26(24,25)21-3/h5-12,21H,4,13-14H2,1-3H3,(H2,20,22,23). The highest BCUT2D eigenvalue weighted by atomic mass is 32.2. The zero-order valence-corrected chi connectivity index (χ0v) is 16.2. The third kappa shape index (κ3) is 5.31. The van der Waals surface area contributed by atoms with E-state index in [0.717, 1.165) is 12.0 Å². The maximum Gasteiger partial charge on any atom is 0.240 e. The summed E-state index contributed by atoms with van der Waals surface area (Å²) in [6, 6.07) is 15.1. The molecule has 0 fully saturated rings. The van der Waals surface area contributed by atoms with Gasteiger partial charge >= 0.3 is 0 Å². The van der Waals surface area contributed by atoms with E-state index in [2.05, 4.69) is 39.4 Å². The Bertz CT molecular complexity index is 863. The molecular weight excluding hydrogens is 348 g/mol. The minimum Gasteiger partial charge on any atom is -0.352 e. The van der Waals surface area contributed by atoms with Gasteiger partial charge in [0.05, 0.1) is 4.90 Å². The van der Waals surface area contributed by atoms with Crippen LogP contribution in [0, 0.1) is 0 Å². The summed E-state index contributed by atoms with van der Waals surface area (Å²) in [6.07, 6.45) is 0.983. The van der Waals surface area contributed by atoms with E-state index in [-0.39, 0.29) is 4.90 Å². The number of guanidine groups is 1. The van der Waals surface area contributed by atoms with Crippen molar-refractivity contribution in [3.8, 4) is 0 Å². The second-order valence-corrected chi connectivity index (χ2v) is 7.64. The lowest BCUT2D eigenvalue weighted by Gasteiger charge is -2.14. The number of hydrogen-bond donors (Lipinski definition) is 3. The molecule has 0 saturated carbocycles. The van der Waals surface area contributed by atoms with Crippen LogP contribution in [0.3, 0.4) is 0 Å². The molecule has 7 heteroatoms. The van der Waals surface area contributed by atoms with Gasteiger partial charge in [-0.15, -0.1) is 0 Å². The quantitative estimate of drug-likeness (QED) is 0.511. The van der Waals surface area contributed by atoms with Crippen LogP contribution < -0.4 is 15.4 Å². The van der Waals surface area contributed by atoms with E-state index in [1.165, 1.54) is 18.2 Å². The predicted octanol–water partition coefficient (Wildman–Crippen LogP) is 2.02. The van der Waals surface area contributed by atoms with Crippen LogP contribution in [0.5, 0.6) is 0 Å². The van der Waals surface area contributed by atoms with Gasteiger partial charge in [-0.3, -0.25) is 4.99 Å². The average molecular weight is 375 g/mol. The van der Waals surface area contributed by atoms with Crippen LogP contribution >= 0.6 is 0 Å². The predicted molar refractivity (Wildman–Crippen MR) is 106 cm³/mol. The minimum absolute atomic E-state index is 0.249. The lowest BCUT2D eigenvalue weighted by atomic mass is 10.1. The first kappa shape index (κ1) is 19.9. The fourth-order valence-electron chi connectivity index (χ4n) is 2.60. The number of sulfonamides is 1. The summed E-state index contributed by atoms with van der Waals surface area (Å²) in [4.78, 5) is 4.47. The van der Waals surface area contributed by atoms with Crippen LogP contribution in [-0.4, -0.2) is 28.5 Å². The first-order chi connectivity index (χ1) is 12.5. The fourth-order valence-corrected chi connectivity index (χ4v) is 3.40. The topological polar surface area (TPSA) is 82.6 Å². The molecule has 0 spiro atoms. The molecule has 26 heavy (non-hydrogen) atoms. The number of hydrogen-bond acceptors (Lipinski definition) is 3. The highest BCUT2D eigenvalue weighted by Crippen LogP contribution is 2.11. The number of nitrogens with one attached hydrogen (secondary N) is 3. The van der Waals surface area contributed by atoms with Gasteiger partial charge in [-0.05, 0) is 42.3 Å². The van der Waals surface area contributed by atoms with E-state index < -0.39 is 10.0 Å². The maximum atomic E-state index is 11.9. The Hall–Kier alpha value is -2.38. The van der Waals surface area contributed by atoms with E-state index in [4.69, 9.17) is 0 Å². The molecule has 0 saturated heterocycles. The van der Waals surface area contributed by atoms with Crippen molar-refractivity contribution in [2.75, 3.05) is 14.1 Å². The van der Waals surface area contributed by atoms with Crippen molar-refractivity contribution in [2.45, 2.75) is 31.3 Å². The SMILES string of the molecule is CCc1ccccc1CNC(=NC)NCc1cccc(S(=O)(=O)NC)c1. The molecule has 140 valence electrons. The molecule has 2 aromatic carbocycles. The van der Waals surface area contributed by atoms with Gasteiger partial charge in [-0.1, -0.05) is 43.3 Å². The summed E-state index contributed by atoms with van der Waals surface area (Å²) in [5.74, 6) is 0.665. The van der Waals surface area contributed by atoms with Gasteiger partial charge < -0.3 is 10.6 Å². The van der Waals surface area contributed by atoms with Gasteiger partial charge in [-0.2, -0.15) is 0 Å². The highest BCUT2D eigenvalue weighted by molar-refractivity contribution is 7.89. The van der Waals surface area contributed by atoms with E-state index in [0.29, 0.717) is 19.0 Å². The summed E-state index contributed by atoms with van der Waals surface area (Å²) in [5, 5.41) is 6.51. The summed E-state index contributed by atoms with van der Waals surface area (Å²) in [6.45, 7) is 3.29. The Morgan fingerprint density at radius 2 is 1.69 bits per heavy atom. The molecule has 0 bridgehead atoms. The third-order valence-electron chi connectivity index (χ3n) is 4.11. The molecule has 0 aliphatic heterocycles. The van der Waals surface area contributed by atoms with Gasteiger partial charge in [0.2, 0.25) is 10.0 Å². The van der Waals surface area contributed by atoms with Gasteiger partial charge in [0.15, 0.2) is 5.96 Å². The summed E-state index contributed by atoms with van der Waals surface area (Å²) in [7, 11) is -0.328. The Morgan fingerprint density at radius 3 is 2.35 bits per heavy atom. The minimum atomic E-state index is -3.44.